The molecule has 0 aromatic carbocycles. The fourth-order valence-corrected chi connectivity index (χ4v) is 3.56. The van der Waals surface area contributed by atoms with Crippen molar-refractivity contribution in [2.75, 3.05) is 12.3 Å². The quantitative estimate of drug-likeness (QED) is 0.725. The molecule has 0 aromatic rings. The predicted molar refractivity (Wildman–Crippen MR) is 77.9 cm³/mol. The molecule has 1 rings (SSSR count). The number of carbonyl (C=O) groups excluding carboxylic acids is 1. The summed E-state index contributed by atoms with van der Waals surface area (Å²) in [5.74, 6) is 1.33. The minimum atomic E-state index is -0.313. The van der Waals surface area contributed by atoms with Crippen molar-refractivity contribution in [3.8, 4) is 0 Å². The van der Waals surface area contributed by atoms with Crippen LogP contribution in [0.4, 0.5) is 0 Å². The van der Waals surface area contributed by atoms with E-state index < -0.39 is 0 Å². The Morgan fingerprint density at radius 3 is 2.83 bits per heavy atom. The zero-order chi connectivity index (χ0) is 13.5. The molecule has 4 heteroatoms. The summed E-state index contributed by atoms with van der Waals surface area (Å²) in [4.78, 5) is 14.4. The molecule has 0 spiro atoms. The summed E-state index contributed by atoms with van der Waals surface area (Å²) < 4.78 is 0. The number of hydrogen-bond acceptors (Lipinski definition) is 3. The van der Waals surface area contributed by atoms with E-state index in [2.05, 4.69) is 6.92 Å². The van der Waals surface area contributed by atoms with E-state index in [0.29, 0.717) is 0 Å². The molecule has 1 aliphatic rings. The average molecular weight is 273 g/mol. The molecule has 0 radical (unpaired) electrons. The zero-order valence-electron chi connectivity index (χ0n) is 11.9. The number of hydrogen-bond donors (Lipinski definition) is 1. The summed E-state index contributed by atoms with van der Waals surface area (Å²) in [6.45, 7) is 6.86. The van der Waals surface area contributed by atoms with Crippen molar-refractivity contribution in [3.63, 3.8) is 0 Å². The minimum Gasteiger partial charge on any atom is -0.393 e. The van der Waals surface area contributed by atoms with Gasteiger partial charge < -0.3 is 10.0 Å². The van der Waals surface area contributed by atoms with Gasteiger partial charge in [-0.1, -0.05) is 13.3 Å². The lowest BCUT2D eigenvalue weighted by atomic mass is 10.1. The Hall–Kier alpha value is -0.220. The Labute approximate surface area is 115 Å². The zero-order valence-corrected chi connectivity index (χ0v) is 12.7. The van der Waals surface area contributed by atoms with Gasteiger partial charge in [-0.15, -0.1) is 11.8 Å². The first-order chi connectivity index (χ1) is 8.56. The third-order valence-electron chi connectivity index (χ3n) is 3.49. The van der Waals surface area contributed by atoms with E-state index in [1.807, 2.05) is 11.8 Å². The SMILES string of the molecule is CCCCSC(C)C(=O)N1CCCC1CC(C)O. The summed E-state index contributed by atoms with van der Waals surface area (Å²) in [6, 6.07) is 0.256. The second kappa shape index (κ2) is 8.05. The highest BCUT2D eigenvalue weighted by atomic mass is 32.2. The van der Waals surface area contributed by atoms with E-state index >= 15 is 0 Å². The molecule has 1 amide bonds. The monoisotopic (exact) mass is 273 g/mol. The minimum absolute atomic E-state index is 0.0612. The number of aliphatic hydroxyl groups is 1. The third kappa shape index (κ3) is 4.81. The standard InChI is InChI=1S/C14H27NO2S/c1-4-5-9-18-12(3)14(17)15-8-6-7-13(15)10-11(2)16/h11-13,16H,4-10H2,1-3H3. The molecule has 106 valence electrons. The average Bonchev–Trinajstić information content (AvgIpc) is 2.75. The highest BCUT2D eigenvalue weighted by molar-refractivity contribution is 8.00. The molecule has 1 aliphatic heterocycles. The van der Waals surface area contributed by atoms with Crippen LogP contribution in [0.3, 0.4) is 0 Å². The fourth-order valence-electron chi connectivity index (χ4n) is 2.47. The molecule has 1 saturated heterocycles. The van der Waals surface area contributed by atoms with Crippen LogP contribution in [0.15, 0.2) is 0 Å². The Balaban J connectivity index is 2.43. The molecule has 1 N–H and O–H groups in total. The van der Waals surface area contributed by atoms with E-state index in [1.54, 1.807) is 18.7 Å². The maximum atomic E-state index is 12.4. The van der Waals surface area contributed by atoms with E-state index in [4.69, 9.17) is 0 Å². The highest BCUT2D eigenvalue weighted by Gasteiger charge is 2.31. The first kappa shape index (κ1) is 15.8. The van der Waals surface area contributed by atoms with Gasteiger partial charge in [-0.2, -0.15) is 0 Å². The van der Waals surface area contributed by atoms with Crippen LogP contribution >= 0.6 is 11.8 Å². The molecule has 3 atom stereocenters. The third-order valence-corrected chi connectivity index (χ3v) is 4.71. The van der Waals surface area contributed by atoms with Gasteiger partial charge in [-0.05, 0) is 45.3 Å². The lowest BCUT2D eigenvalue weighted by molar-refractivity contribution is -0.131. The number of amides is 1. The van der Waals surface area contributed by atoms with Gasteiger partial charge in [0, 0.05) is 12.6 Å². The molecular formula is C14H27NO2S. The van der Waals surface area contributed by atoms with E-state index in [-0.39, 0.29) is 23.3 Å². The van der Waals surface area contributed by atoms with Crippen LogP contribution in [0.1, 0.15) is 52.9 Å². The van der Waals surface area contributed by atoms with Crippen LogP contribution in [-0.4, -0.2) is 45.6 Å². The maximum Gasteiger partial charge on any atom is 0.235 e. The topological polar surface area (TPSA) is 40.5 Å². The van der Waals surface area contributed by atoms with Crippen molar-refractivity contribution in [3.05, 3.63) is 0 Å². The van der Waals surface area contributed by atoms with E-state index in [1.165, 1.54) is 12.8 Å². The smallest absolute Gasteiger partial charge is 0.235 e. The van der Waals surface area contributed by atoms with Crippen LogP contribution in [0, 0.1) is 0 Å². The molecule has 0 saturated carbocycles. The number of rotatable bonds is 7. The van der Waals surface area contributed by atoms with Gasteiger partial charge in [-0.3, -0.25) is 4.79 Å². The number of aliphatic hydroxyl groups excluding tert-OH is 1. The van der Waals surface area contributed by atoms with Gasteiger partial charge in [0.15, 0.2) is 0 Å². The number of nitrogens with zero attached hydrogens (tertiary/aromatic N) is 1. The van der Waals surface area contributed by atoms with Crippen LogP contribution < -0.4 is 0 Å². The van der Waals surface area contributed by atoms with Crippen molar-refractivity contribution < 1.29 is 9.90 Å². The molecule has 0 aliphatic carbocycles. The Morgan fingerprint density at radius 1 is 1.50 bits per heavy atom. The number of unbranched alkanes of at least 4 members (excludes halogenated alkanes) is 1. The second-order valence-corrected chi connectivity index (χ2v) is 6.73. The summed E-state index contributed by atoms with van der Waals surface area (Å²) in [6.07, 6.45) is 4.89. The van der Waals surface area contributed by atoms with Crippen LogP contribution in [-0.2, 0) is 4.79 Å². The highest BCUT2D eigenvalue weighted by Crippen LogP contribution is 2.25. The van der Waals surface area contributed by atoms with E-state index in [0.717, 1.165) is 31.6 Å². The van der Waals surface area contributed by atoms with Gasteiger partial charge in [0.25, 0.3) is 0 Å². The van der Waals surface area contributed by atoms with Gasteiger partial charge in [0.1, 0.15) is 0 Å². The van der Waals surface area contributed by atoms with Crippen molar-refractivity contribution >= 4 is 17.7 Å². The lowest BCUT2D eigenvalue weighted by Crippen LogP contribution is -2.41. The summed E-state index contributed by atoms with van der Waals surface area (Å²) in [5, 5.41) is 9.54. The van der Waals surface area contributed by atoms with Gasteiger partial charge in [-0.25, -0.2) is 0 Å². The number of carbonyl (C=O) groups is 1. The number of thioether (sulfide) groups is 1. The molecule has 1 heterocycles. The molecule has 3 unspecified atom stereocenters. The first-order valence-electron chi connectivity index (χ1n) is 7.16. The molecule has 3 nitrogen and oxygen atoms in total. The largest absolute Gasteiger partial charge is 0.393 e. The summed E-state index contributed by atoms with van der Waals surface area (Å²) in [5.41, 5.74) is 0. The lowest BCUT2D eigenvalue weighted by Gasteiger charge is -2.28. The normalized spacial score (nSPS) is 23.1. The van der Waals surface area contributed by atoms with E-state index in [9.17, 15) is 9.90 Å². The molecule has 0 aromatic heterocycles. The Bertz CT molecular complexity index is 258. The maximum absolute atomic E-state index is 12.4. The first-order valence-corrected chi connectivity index (χ1v) is 8.21. The second-order valence-electron chi connectivity index (χ2n) is 5.28. The molecule has 0 bridgehead atoms. The van der Waals surface area contributed by atoms with Crippen LogP contribution in [0.2, 0.25) is 0 Å². The van der Waals surface area contributed by atoms with Crippen molar-refractivity contribution in [1.29, 1.82) is 0 Å². The van der Waals surface area contributed by atoms with Crippen LogP contribution in [0.25, 0.3) is 0 Å². The van der Waals surface area contributed by atoms with Gasteiger partial charge >= 0.3 is 0 Å². The van der Waals surface area contributed by atoms with Crippen LogP contribution in [0.5, 0.6) is 0 Å². The van der Waals surface area contributed by atoms with Gasteiger partial charge in [0.2, 0.25) is 5.91 Å². The van der Waals surface area contributed by atoms with Gasteiger partial charge in [0.05, 0.1) is 11.4 Å². The summed E-state index contributed by atoms with van der Waals surface area (Å²) in [7, 11) is 0. The molecule has 18 heavy (non-hydrogen) atoms. The van der Waals surface area contributed by atoms with Crippen molar-refractivity contribution in [2.24, 2.45) is 0 Å². The predicted octanol–water partition coefficient (Wildman–Crippen LogP) is 2.67. The summed E-state index contributed by atoms with van der Waals surface area (Å²) >= 11 is 1.76. The Morgan fingerprint density at radius 2 is 2.22 bits per heavy atom. The molecular weight excluding hydrogens is 246 g/mol. The Kier molecular flexibility index (Phi) is 7.08. The van der Waals surface area contributed by atoms with Crippen molar-refractivity contribution in [2.45, 2.75) is 70.3 Å². The number of likely N-dealkylation sites (tertiary alicyclic amines) is 1. The fraction of sp³-hybridized carbons (Fsp3) is 0.929. The molecule has 1 fully saturated rings. The van der Waals surface area contributed by atoms with Crippen molar-refractivity contribution in [1.82, 2.24) is 4.90 Å².